The Morgan fingerprint density at radius 1 is 1.32 bits per heavy atom. The van der Waals surface area contributed by atoms with Gasteiger partial charge in [-0.05, 0) is 43.5 Å². The second-order valence-electron chi connectivity index (χ2n) is 5.96. The van der Waals surface area contributed by atoms with Crippen molar-refractivity contribution in [3.8, 4) is 5.75 Å². The van der Waals surface area contributed by atoms with Crippen LogP contribution in [-0.4, -0.2) is 22.7 Å². The predicted octanol–water partition coefficient (Wildman–Crippen LogP) is 2.50. The lowest BCUT2D eigenvalue weighted by atomic mass is 9.92. The van der Waals surface area contributed by atoms with Gasteiger partial charge in [0.05, 0.1) is 24.0 Å². The highest BCUT2D eigenvalue weighted by atomic mass is 16.3. The van der Waals surface area contributed by atoms with Crippen molar-refractivity contribution in [2.45, 2.75) is 31.2 Å². The summed E-state index contributed by atoms with van der Waals surface area (Å²) in [6.07, 6.45) is 3.62. The van der Waals surface area contributed by atoms with Crippen LogP contribution in [0.5, 0.6) is 5.75 Å². The quantitative estimate of drug-likeness (QED) is 0.792. The maximum atomic E-state index is 12.5. The van der Waals surface area contributed by atoms with Crippen LogP contribution in [-0.2, 0) is 5.54 Å². The van der Waals surface area contributed by atoms with Crippen molar-refractivity contribution in [1.29, 1.82) is 0 Å². The standard InChI is InChI=1S/C17H19NO4/c1-17(10-19,12-4-6-13(20)7-5-12)18-16(21)14-8-9-22-15(14)11-2-3-11/h4-9,11,19-20H,2-3,10H2,1H3,(H,18,21). The van der Waals surface area contributed by atoms with Crippen LogP contribution < -0.4 is 5.32 Å². The molecule has 1 aromatic heterocycles. The number of aliphatic hydroxyl groups is 1. The summed E-state index contributed by atoms with van der Waals surface area (Å²) in [5, 5.41) is 22.0. The fourth-order valence-corrected chi connectivity index (χ4v) is 2.52. The van der Waals surface area contributed by atoms with Gasteiger partial charge >= 0.3 is 0 Å². The third kappa shape index (κ3) is 2.72. The van der Waals surface area contributed by atoms with E-state index in [1.54, 1.807) is 25.1 Å². The van der Waals surface area contributed by atoms with E-state index in [1.807, 2.05) is 0 Å². The molecule has 1 saturated carbocycles. The van der Waals surface area contributed by atoms with E-state index in [0.29, 0.717) is 11.5 Å². The van der Waals surface area contributed by atoms with Gasteiger partial charge in [-0.3, -0.25) is 4.79 Å². The number of aliphatic hydroxyl groups excluding tert-OH is 1. The summed E-state index contributed by atoms with van der Waals surface area (Å²) < 4.78 is 5.42. The molecular weight excluding hydrogens is 282 g/mol. The maximum Gasteiger partial charge on any atom is 0.255 e. The highest BCUT2D eigenvalue weighted by molar-refractivity contribution is 5.96. The SMILES string of the molecule is CC(CO)(NC(=O)c1ccoc1C1CC1)c1ccc(O)cc1. The van der Waals surface area contributed by atoms with Crippen LogP contribution in [0.15, 0.2) is 41.0 Å². The minimum absolute atomic E-state index is 0.140. The lowest BCUT2D eigenvalue weighted by molar-refractivity contribution is 0.0847. The van der Waals surface area contributed by atoms with Gasteiger partial charge in [-0.1, -0.05) is 12.1 Å². The first kappa shape index (κ1) is 14.7. The molecule has 1 aliphatic rings. The summed E-state index contributed by atoms with van der Waals surface area (Å²) in [6.45, 7) is 1.49. The fourth-order valence-electron chi connectivity index (χ4n) is 2.52. The average Bonchev–Trinajstić information content (AvgIpc) is 3.24. The molecule has 0 spiro atoms. The van der Waals surface area contributed by atoms with E-state index < -0.39 is 5.54 Å². The Hall–Kier alpha value is -2.27. The van der Waals surface area contributed by atoms with Crippen LogP contribution in [0.2, 0.25) is 0 Å². The number of phenols is 1. The van der Waals surface area contributed by atoms with Crippen molar-refractivity contribution in [1.82, 2.24) is 5.32 Å². The number of hydrogen-bond donors (Lipinski definition) is 3. The van der Waals surface area contributed by atoms with Crippen LogP contribution in [0.1, 0.15) is 47.4 Å². The molecule has 1 amide bonds. The Bertz CT molecular complexity index is 672. The summed E-state index contributed by atoms with van der Waals surface area (Å²) >= 11 is 0. The van der Waals surface area contributed by atoms with Gasteiger partial charge in [0.15, 0.2) is 0 Å². The number of carbonyl (C=O) groups is 1. The number of phenolic OH excluding ortho intramolecular Hbond substituents is 1. The summed E-state index contributed by atoms with van der Waals surface area (Å²) in [5.74, 6) is 0.940. The van der Waals surface area contributed by atoms with Gasteiger partial charge in [0.2, 0.25) is 0 Å². The number of carbonyl (C=O) groups excluding carboxylic acids is 1. The topological polar surface area (TPSA) is 82.7 Å². The second-order valence-corrected chi connectivity index (χ2v) is 5.96. The van der Waals surface area contributed by atoms with Gasteiger partial charge in [-0.15, -0.1) is 0 Å². The van der Waals surface area contributed by atoms with E-state index in [0.717, 1.165) is 24.2 Å². The normalized spacial score (nSPS) is 17.0. The first-order valence-electron chi connectivity index (χ1n) is 7.34. The van der Waals surface area contributed by atoms with Gasteiger partial charge in [-0.25, -0.2) is 0 Å². The van der Waals surface area contributed by atoms with Crippen molar-refractivity contribution in [3.05, 3.63) is 53.5 Å². The summed E-state index contributed by atoms with van der Waals surface area (Å²) in [6, 6.07) is 8.09. The van der Waals surface area contributed by atoms with Gasteiger partial charge in [0, 0.05) is 5.92 Å². The van der Waals surface area contributed by atoms with Crippen LogP contribution in [0, 0.1) is 0 Å². The highest BCUT2D eigenvalue weighted by Gasteiger charge is 2.34. The van der Waals surface area contributed by atoms with Crippen molar-refractivity contribution in [2.75, 3.05) is 6.61 Å². The predicted molar refractivity (Wildman–Crippen MR) is 80.7 cm³/mol. The molecule has 2 aromatic rings. The smallest absolute Gasteiger partial charge is 0.255 e. The zero-order chi connectivity index (χ0) is 15.7. The molecular formula is C17H19NO4. The molecule has 5 heteroatoms. The zero-order valence-electron chi connectivity index (χ0n) is 12.4. The van der Waals surface area contributed by atoms with Crippen molar-refractivity contribution in [2.24, 2.45) is 0 Å². The molecule has 1 fully saturated rings. The number of amides is 1. The fraction of sp³-hybridized carbons (Fsp3) is 0.353. The number of nitrogens with one attached hydrogen (secondary N) is 1. The molecule has 1 unspecified atom stereocenters. The van der Waals surface area contributed by atoms with E-state index >= 15 is 0 Å². The molecule has 0 radical (unpaired) electrons. The van der Waals surface area contributed by atoms with E-state index in [9.17, 15) is 15.0 Å². The molecule has 0 saturated heterocycles. The van der Waals surface area contributed by atoms with Gasteiger partial charge in [0.25, 0.3) is 5.91 Å². The van der Waals surface area contributed by atoms with E-state index in [4.69, 9.17) is 4.42 Å². The van der Waals surface area contributed by atoms with Crippen LogP contribution in [0.25, 0.3) is 0 Å². The lowest BCUT2D eigenvalue weighted by Gasteiger charge is -2.29. The Morgan fingerprint density at radius 2 is 2.00 bits per heavy atom. The molecule has 0 aliphatic heterocycles. The Kier molecular flexibility index (Phi) is 3.66. The largest absolute Gasteiger partial charge is 0.508 e. The van der Waals surface area contributed by atoms with E-state index in [1.165, 1.54) is 18.4 Å². The van der Waals surface area contributed by atoms with Crippen molar-refractivity contribution in [3.63, 3.8) is 0 Å². The monoisotopic (exact) mass is 301 g/mol. The molecule has 1 aliphatic carbocycles. The molecule has 0 bridgehead atoms. The molecule has 1 atom stereocenters. The molecule has 116 valence electrons. The van der Waals surface area contributed by atoms with Gasteiger partial charge in [-0.2, -0.15) is 0 Å². The summed E-state index contributed by atoms with van der Waals surface area (Å²) in [5.41, 5.74) is 0.321. The third-order valence-corrected chi connectivity index (χ3v) is 4.10. The molecule has 22 heavy (non-hydrogen) atoms. The molecule has 1 aromatic carbocycles. The third-order valence-electron chi connectivity index (χ3n) is 4.10. The van der Waals surface area contributed by atoms with E-state index in [2.05, 4.69) is 5.32 Å². The number of furan rings is 1. The molecule has 1 heterocycles. The number of aromatic hydroxyl groups is 1. The van der Waals surface area contributed by atoms with Gasteiger partial charge in [0.1, 0.15) is 11.5 Å². The van der Waals surface area contributed by atoms with Gasteiger partial charge < -0.3 is 19.9 Å². The number of benzene rings is 1. The van der Waals surface area contributed by atoms with E-state index in [-0.39, 0.29) is 18.3 Å². The van der Waals surface area contributed by atoms with Crippen LogP contribution >= 0.6 is 0 Å². The van der Waals surface area contributed by atoms with Crippen LogP contribution in [0.3, 0.4) is 0 Å². The lowest BCUT2D eigenvalue weighted by Crippen LogP contribution is -2.46. The Morgan fingerprint density at radius 3 is 2.59 bits per heavy atom. The molecule has 3 rings (SSSR count). The highest BCUT2D eigenvalue weighted by Crippen LogP contribution is 2.42. The molecule has 5 nitrogen and oxygen atoms in total. The zero-order valence-corrected chi connectivity index (χ0v) is 12.4. The van der Waals surface area contributed by atoms with Crippen LogP contribution in [0.4, 0.5) is 0 Å². The number of rotatable bonds is 5. The number of hydrogen-bond acceptors (Lipinski definition) is 4. The molecule has 3 N–H and O–H groups in total. The minimum Gasteiger partial charge on any atom is -0.508 e. The minimum atomic E-state index is -0.928. The summed E-state index contributed by atoms with van der Waals surface area (Å²) in [4.78, 5) is 12.5. The second kappa shape index (κ2) is 5.50. The summed E-state index contributed by atoms with van der Waals surface area (Å²) in [7, 11) is 0. The average molecular weight is 301 g/mol. The van der Waals surface area contributed by atoms with Crippen molar-refractivity contribution < 1.29 is 19.4 Å². The first-order chi connectivity index (χ1) is 10.5. The first-order valence-corrected chi connectivity index (χ1v) is 7.34. The Labute approximate surface area is 128 Å². The maximum absolute atomic E-state index is 12.5. The van der Waals surface area contributed by atoms with Crippen molar-refractivity contribution >= 4 is 5.91 Å². The Balaban J connectivity index is 1.83.